The first-order valence-corrected chi connectivity index (χ1v) is 12.9. The lowest BCUT2D eigenvalue weighted by molar-refractivity contribution is -0.125. The Bertz CT molecular complexity index is 763. The van der Waals surface area contributed by atoms with Crippen molar-refractivity contribution in [2.24, 2.45) is 5.92 Å². The van der Waals surface area contributed by atoms with E-state index in [1.165, 1.54) is 63.3 Å². The first-order chi connectivity index (χ1) is 15.1. The second-order valence-electron chi connectivity index (χ2n) is 9.04. The quantitative estimate of drug-likeness (QED) is 0.281. The molecule has 0 radical (unpaired) electrons. The minimum atomic E-state index is -0.0800. The van der Waals surface area contributed by atoms with Crippen molar-refractivity contribution in [1.29, 1.82) is 0 Å². The van der Waals surface area contributed by atoms with Crippen LogP contribution in [0.3, 0.4) is 0 Å². The lowest BCUT2D eigenvalue weighted by Crippen LogP contribution is -2.33. The van der Waals surface area contributed by atoms with E-state index in [9.17, 15) is 4.79 Å². The van der Waals surface area contributed by atoms with Crippen LogP contribution in [0.15, 0.2) is 24.3 Å². The molecule has 0 spiro atoms. The average molecular weight is 428 g/mol. The third kappa shape index (κ3) is 7.97. The average Bonchev–Trinajstić information content (AvgIpc) is 3.14. The van der Waals surface area contributed by atoms with E-state index in [2.05, 4.69) is 55.8 Å². The molecule has 0 aliphatic rings. The topological polar surface area (TPSA) is 46.9 Å². The number of amides is 1. The van der Waals surface area contributed by atoms with Crippen molar-refractivity contribution in [3.05, 3.63) is 30.1 Å². The number of benzene rings is 1. The Hall–Kier alpha value is -1.84. The Balaban J connectivity index is 1.90. The number of rotatable bonds is 16. The highest BCUT2D eigenvalue weighted by Gasteiger charge is 2.21. The van der Waals surface area contributed by atoms with Gasteiger partial charge in [-0.15, -0.1) is 0 Å². The second kappa shape index (κ2) is 14.3. The van der Waals surface area contributed by atoms with Gasteiger partial charge in [-0.3, -0.25) is 4.79 Å². The highest BCUT2D eigenvalue weighted by atomic mass is 16.1. The molecule has 0 saturated heterocycles. The number of carbonyl (C=O) groups is 1. The van der Waals surface area contributed by atoms with Crippen molar-refractivity contribution in [1.82, 2.24) is 14.9 Å². The van der Waals surface area contributed by atoms with E-state index in [1.54, 1.807) is 0 Å². The fourth-order valence-corrected chi connectivity index (χ4v) is 4.47. The summed E-state index contributed by atoms with van der Waals surface area (Å²) in [6.07, 6.45) is 15.1. The molecule has 0 aliphatic heterocycles. The van der Waals surface area contributed by atoms with Gasteiger partial charge >= 0.3 is 0 Å². The second-order valence-corrected chi connectivity index (χ2v) is 9.04. The van der Waals surface area contributed by atoms with Crippen molar-refractivity contribution < 1.29 is 4.79 Å². The van der Waals surface area contributed by atoms with E-state index >= 15 is 0 Å². The van der Waals surface area contributed by atoms with E-state index in [0.717, 1.165) is 37.1 Å². The van der Waals surface area contributed by atoms with Gasteiger partial charge in [0.2, 0.25) is 5.91 Å². The molecule has 4 heteroatoms. The van der Waals surface area contributed by atoms with Crippen LogP contribution in [0.1, 0.15) is 117 Å². The van der Waals surface area contributed by atoms with Gasteiger partial charge in [0.1, 0.15) is 5.82 Å². The highest BCUT2D eigenvalue weighted by molar-refractivity contribution is 5.79. The summed E-state index contributed by atoms with van der Waals surface area (Å²) in [6.45, 7) is 9.47. The maximum Gasteiger partial charge on any atom is 0.223 e. The van der Waals surface area contributed by atoms with Gasteiger partial charge in [0, 0.05) is 12.5 Å². The molecule has 1 atom stereocenters. The molecular weight excluding hydrogens is 382 g/mol. The zero-order valence-electron chi connectivity index (χ0n) is 20.5. The molecule has 0 aliphatic carbocycles. The minimum Gasteiger partial charge on any atom is -0.346 e. The molecule has 0 bridgehead atoms. The van der Waals surface area contributed by atoms with Crippen LogP contribution in [-0.2, 0) is 11.3 Å². The fraction of sp³-hybridized carbons (Fsp3) is 0.704. The largest absolute Gasteiger partial charge is 0.346 e. The van der Waals surface area contributed by atoms with Crippen molar-refractivity contribution in [3.8, 4) is 0 Å². The number of aryl methyl sites for hydroxylation is 1. The normalized spacial score (nSPS) is 12.5. The summed E-state index contributed by atoms with van der Waals surface area (Å²) in [5, 5.41) is 3.22. The summed E-state index contributed by atoms with van der Waals surface area (Å²) in [5.41, 5.74) is 2.20. The summed E-state index contributed by atoms with van der Waals surface area (Å²) in [4.78, 5) is 17.5. The van der Waals surface area contributed by atoms with E-state index in [0.29, 0.717) is 0 Å². The lowest BCUT2D eigenvalue weighted by atomic mass is 10.0. The molecule has 1 amide bonds. The zero-order chi connectivity index (χ0) is 22.5. The maximum atomic E-state index is 12.6. The number of hydrogen-bond acceptors (Lipinski definition) is 2. The third-order valence-electron chi connectivity index (χ3n) is 6.52. The van der Waals surface area contributed by atoms with Crippen molar-refractivity contribution in [2.75, 3.05) is 0 Å². The number of unbranched alkanes of at least 4 members (excludes halogenated alkanes) is 9. The van der Waals surface area contributed by atoms with Crippen LogP contribution < -0.4 is 5.32 Å². The number of nitrogens with zero attached hydrogens (tertiary/aromatic N) is 2. The van der Waals surface area contributed by atoms with Gasteiger partial charge in [-0.05, 0) is 38.3 Å². The molecule has 1 aromatic heterocycles. The summed E-state index contributed by atoms with van der Waals surface area (Å²) in [7, 11) is 0. The van der Waals surface area contributed by atoms with E-state index in [1.807, 2.05) is 6.07 Å². The fourth-order valence-electron chi connectivity index (χ4n) is 4.47. The number of aromatic nitrogens is 2. The van der Waals surface area contributed by atoms with Crippen LogP contribution in [0.2, 0.25) is 0 Å². The number of hydrogen-bond donors (Lipinski definition) is 1. The Morgan fingerprint density at radius 1 is 0.903 bits per heavy atom. The van der Waals surface area contributed by atoms with Gasteiger partial charge < -0.3 is 9.88 Å². The molecule has 2 aromatic rings. The van der Waals surface area contributed by atoms with Crippen molar-refractivity contribution in [2.45, 2.75) is 117 Å². The van der Waals surface area contributed by atoms with Gasteiger partial charge in [0.25, 0.3) is 0 Å². The number of nitrogens with one attached hydrogen (secondary N) is 1. The molecule has 0 saturated carbocycles. The van der Waals surface area contributed by atoms with E-state index in [-0.39, 0.29) is 17.9 Å². The van der Waals surface area contributed by atoms with Gasteiger partial charge in [0.05, 0.1) is 17.1 Å². The predicted molar refractivity (Wildman–Crippen MR) is 132 cm³/mol. The van der Waals surface area contributed by atoms with E-state index < -0.39 is 0 Å². The first-order valence-electron chi connectivity index (χ1n) is 12.9. The molecular formula is C27H45N3O. The van der Waals surface area contributed by atoms with Gasteiger partial charge in [-0.2, -0.15) is 0 Å². The molecule has 31 heavy (non-hydrogen) atoms. The van der Waals surface area contributed by atoms with Crippen LogP contribution in [-0.4, -0.2) is 15.5 Å². The maximum absolute atomic E-state index is 12.6. The Morgan fingerprint density at radius 3 is 2.10 bits per heavy atom. The summed E-state index contributed by atoms with van der Waals surface area (Å²) >= 11 is 0. The molecule has 0 fully saturated rings. The highest BCUT2D eigenvalue weighted by Crippen LogP contribution is 2.23. The molecule has 174 valence electrons. The molecule has 4 nitrogen and oxygen atoms in total. The monoisotopic (exact) mass is 427 g/mol. The van der Waals surface area contributed by atoms with Crippen molar-refractivity contribution >= 4 is 16.9 Å². The molecule has 1 aromatic carbocycles. The number of imidazole rings is 1. The Labute approximate surface area is 190 Å². The van der Waals surface area contributed by atoms with Crippen molar-refractivity contribution in [3.63, 3.8) is 0 Å². The summed E-state index contributed by atoms with van der Waals surface area (Å²) in [6, 6.07) is 8.26. The Morgan fingerprint density at radius 2 is 1.48 bits per heavy atom. The lowest BCUT2D eigenvalue weighted by Gasteiger charge is -2.19. The number of carbonyl (C=O) groups excluding carboxylic acids is 1. The number of fused-ring (bicyclic) bond motifs is 1. The molecule has 2 rings (SSSR count). The van der Waals surface area contributed by atoms with Gasteiger partial charge in [-0.1, -0.05) is 90.7 Å². The van der Waals surface area contributed by atoms with E-state index in [4.69, 9.17) is 4.98 Å². The molecule has 1 N–H and O–H groups in total. The smallest absolute Gasteiger partial charge is 0.223 e. The van der Waals surface area contributed by atoms with Crippen LogP contribution in [0.5, 0.6) is 0 Å². The molecule has 1 unspecified atom stereocenters. The summed E-state index contributed by atoms with van der Waals surface area (Å²) < 4.78 is 2.33. The zero-order valence-corrected chi connectivity index (χ0v) is 20.5. The predicted octanol–water partition coefficient (Wildman–Crippen LogP) is 7.57. The van der Waals surface area contributed by atoms with Gasteiger partial charge in [-0.25, -0.2) is 4.98 Å². The first kappa shape index (κ1) is 25.4. The number of para-hydroxylation sites is 2. The standard InChI is InChI=1S/C27H45N3O/c1-5-8-9-10-11-12-13-14-15-18-21-30-25-20-17-16-19-24(25)29-26(30)22(4)28-27(31)23(6-2)7-3/h16-17,19-20,22-23H,5-15,18,21H2,1-4H3,(H,28,31). The van der Waals surface area contributed by atoms with Crippen LogP contribution in [0.4, 0.5) is 0 Å². The minimum absolute atomic E-state index is 0.0800. The van der Waals surface area contributed by atoms with Crippen LogP contribution in [0.25, 0.3) is 11.0 Å². The third-order valence-corrected chi connectivity index (χ3v) is 6.52. The Kier molecular flexibility index (Phi) is 11.7. The molecule has 1 heterocycles. The van der Waals surface area contributed by atoms with Crippen LogP contribution >= 0.6 is 0 Å². The summed E-state index contributed by atoms with van der Waals surface area (Å²) in [5.74, 6) is 1.22. The SMILES string of the molecule is CCCCCCCCCCCCn1c(C(C)NC(=O)C(CC)CC)nc2ccccc21. The van der Waals surface area contributed by atoms with Crippen LogP contribution in [0, 0.1) is 5.92 Å². The van der Waals surface area contributed by atoms with Gasteiger partial charge in [0.15, 0.2) is 0 Å².